The summed E-state index contributed by atoms with van der Waals surface area (Å²) in [6.45, 7) is 0. The predicted molar refractivity (Wildman–Crippen MR) is 118 cm³/mol. The van der Waals surface area contributed by atoms with Gasteiger partial charge in [-0.25, -0.2) is 0 Å². The Morgan fingerprint density at radius 3 is 1.37 bits per heavy atom. The first-order chi connectivity index (χ1) is 13.4. The van der Waals surface area contributed by atoms with Gasteiger partial charge in [0.25, 0.3) is 0 Å². The molecule has 0 heterocycles. The first-order valence-corrected chi connectivity index (χ1v) is 11.6. The molecule has 0 saturated heterocycles. The molecule has 132 valence electrons. The Morgan fingerprint density at radius 2 is 0.889 bits per heavy atom. The van der Waals surface area contributed by atoms with Crippen LogP contribution in [0.2, 0.25) is 0 Å². The molecule has 0 amide bonds. The number of hydrogen-bond donors (Lipinski definition) is 1. The van der Waals surface area contributed by atoms with E-state index in [0.29, 0.717) is 0 Å². The van der Waals surface area contributed by atoms with E-state index in [1.54, 1.807) is 0 Å². The van der Waals surface area contributed by atoms with Crippen LogP contribution in [-0.4, -0.2) is 8.24 Å². The highest BCUT2D eigenvalue weighted by Crippen LogP contribution is 2.18. The fourth-order valence-corrected chi connectivity index (χ4v) is 7.82. The Morgan fingerprint density at radius 1 is 0.481 bits per heavy atom. The summed E-state index contributed by atoms with van der Waals surface area (Å²) in [4.78, 5) is 4.01. The summed E-state index contributed by atoms with van der Waals surface area (Å²) in [5.41, 5.74) is 2.54. The largest absolute Gasteiger partial charge is 0.403 e. The van der Waals surface area contributed by atoms with Crippen molar-refractivity contribution in [1.82, 2.24) is 0 Å². The lowest BCUT2D eigenvalue weighted by molar-refractivity contribution is 1.33. The van der Waals surface area contributed by atoms with Crippen LogP contribution < -0.4 is 15.4 Å². The lowest BCUT2D eigenvalue weighted by atomic mass is 10.2. The maximum atomic E-state index is 4.01. The van der Waals surface area contributed by atoms with Crippen LogP contribution in [0.3, 0.4) is 0 Å². The van der Waals surface area contributed by atoms with Crippen molar-refractivity contribution in [2.24, 2.45) is 0 Å². The van der Waals surface area contributed by atoms with Crippen LogP contribution in [0.5, 0.6) is 0 Å². The second-order valence-corrected chi connectivity index (χ2v) is 10.4. The molecule has 0 fully saturated rings. The zero-order valence-corrected chi connectivity index (χ0v) is 16.3. The van der Waals surface area contributed by atoms with Gasteiger partial charge in [-0.05, 0) is 34.1 Å². The van der Waals surface area contributed by atoms with Crippen LogP contribution >= 0.6 is 0 Å². The molecule has 0 aromatic heterocycles. The average Bonchev–Trinajstić information content (AvgIpc) is 2.76. The average molecular weight is 366 g/mol. The summed E-state index contributed by atoms with van der Waals surface area (Å²) in [6, 6.07) is 44.3. The zero-order valence-electron chi connectivity index (χ0n) is 15.3. The van der Waals surface area contributed by atoms with Gasteiger partial charge < -0.3 is 4.98 Å². The molecular formula is C25H23NSi. The minimum Gasteiger partial charge on any atom is -0.403 e. The second-order valence-electron chi connectivity index (χ2n) is 6.79. The predicted octanol–water partition coefficient (Wildman–Crippen LogP) is 4.64. The quantitative estimate of drug-likeness (QED) is 0.491. The fraction of sp³-hybridized carbons (Fsp3) is 0.0400. The van der Waals surface area contributed by atoms with Gasteiger partial charge in [0.05, 0.1) is 0 Å². The molecule has 0 saturated carbocycles. The highest BCUT2D eigenvalue weighted by molar-refractivity contribution is 7.04. The number of nitrogens with one attached hydrogen (secondary N) is 1. The van der Waals surface area contributed by atoms with Gasteiger partial charge in [-0.3, -0.25) is 0 Å². The Bertz CT molecular complexity index is 871. The van der Waals surface area contributed by atoms with Crippen LogP contribution in [0.15, 0.2) is 121 Å². The third-order valence-electron chi connectivity index (χ3n) is 4.98. The lowest BCUT2D eigenvalue weighted by Crippen LogP contribution is -2.66. The van der Waals surface area contributed by atoms with Gasteiger partial charge in [-0.15, -0.1) is 0 Å². The SMILES string of the molecule is c1ccc(C[Si](Nc2ccccc2)(c2ccccc2)c2ccccc2)cc1. The highest BCUT2D eigenvalue weighted by atomic mass is 28.3. The maximum Gasteiger partial charge on any atom is 0.222 e. The van der Waals surface area contributed by atoms with Gasteiger partial charge in [0, 0.05) is 5.69 Å². The van der Waals surface area contributed by atoms with E-state index in [1.807, 2.05) is 0 Å². The van der Waals surface area contributed by atoms with E-state index in [0.717, 1.165) is 6.04 Å². The van der Waals surface area contributed by atoms with E-state index in [1.165, 1.54) is 21.6 Å². The number of anilines is 1. The molecule has 0 atom stereocenters. The molecule has 0 radical (unpaired) electrons. The van der Waals surface area contributed by atoms with Crippen LogP contribution in [-0.2, 0) is 6.04 Å². The van der Waals surface area contributed by atoms with E-state index >= 15 is 0 Å². The normalized spacial score (nSPS) is 11.1. The van der Waals surface area contributed by atoms with Crippen molar-refractivity contribution in [2.75, 3.05) is 4.98 Å². The highest BCUT2D eigenvalue weighted by Gasteiger charge is 2.38. The van der Waals surface area contributed by atoms with Crippen molar-refractivity contribution in [3.05, 3.63) is 127 Å². The molecule has 4 aromatic carbocycles. The van der Waals surface area contributed by atoms with Crippen LogP contribution in [0, 0.1) is 0 Å². The summed E-state index contributed by atoms with van der Waals surface area (Å²) < 4.78 is 0. The molecule has 2 heteroatoms. The van der Waals surface area contributed by atoms with Crippen LogP contribution in [0.1, 0.15) is 5.56 Å². The van der Waals surface area contributed by atoms with Crippen molar-refractivity contribution >= 4 is 24.3 Å². The van der Waals surface area contributed by atoms with E-state index in [-0.39, 0.29) is 0 Å². The van der Waals surface area contributed by atoms with Gasteiger partial charge in [-0.1, -0.05) is 109 Å². The molecule has 0 aliphatic heterocycles. The summed E-state index contributed by atoms with van der Waals surface area (Å²) in [5, 5.41) is 2.79. The monoisotopic (exact) mass is 365 g/mol. The van der Waals surface area contributed by atoms with Gasteiger partial charge in [0.1, 0.15) is 0 Å². The van der Waals surface area contributed by atoms with E-state index in [9.17, 15) is 0 Å². The second kappa shape index (κ2) is 8.06. The van der Waals surface area contributed by atoms with Crippen molar-refractivity contribution in [2.45, 2.75) is 6.04 Å². The van der Waals surface area contributed by atoms with Crippen LogP contribution in [0.25, 0.3) is 0 Å². The smallest absolute Gasteiger partial charge is 0.222 e. The standard InChI is InChI=1S/C25H23NSi/c1-5-13-22(14-6-1)21-27(24-17-9-3-10-18-24,25-19-11-4-12-20-25)26-23-15-7-2-8-16-23/h1-20,26H,21H2. The molecule has 0 spiro atoms. The summed E-state index contributed by atoms with van der Waals surface area (Å²) in [6.07, 6.45) is 0. The Balaban J connectivity index is 1.90. The van der Waals surface area contributed by atoms with Gasteiger partial charge in [0.15, 0.2) is 0 Å². The van der Waals surface area contributed by atoms with E-state index in [2.05, 4.69) is 126 Å². The summed E-state index contributed by atoms with van der Waals surface area (Å²) in [5.74, 6) is 0. The van der Waals surface area contributed by atoms with Crippen molar-refractivity contribution in [3.63, 3.8) is 0 Å². The summed E-state index contributed by atoms with van der Waals surface area (Å²) >= 11 is 0. The first-order valence-electron chi connectivity index (χ1n) is 9.35. The molecule has 1 nitrogen and oxygen atoms in total. The minimum atomic E-state index is -2.28. The first kappa shape index (κ1) is 17.3. The van der Waals surface area contributed by atoms with Gasteiger partial charge >= 0.3 is 0 Å². The topological polar surface area (TPSA) is 12.0 Å². The fourth-order valence-electron chi connectivity index (χ4n) is 3.67. The zero-order chi connectivity index (χ0) is 18.4. The van der Waals surface area contributed by atoms with E-state index in [4.69, 9.17) is 0 Å². The number of hydrogen-bond acceptors (Lipinski definition) is 1. The van der Waals surface area contributed by atoms with Crippen molar-refractivity contribution in [3.8, 4) is 0 Å². The molecule has 4 aromatic rings. The Kier molecular flexibility index (Phi) is 5.17. The lowest BCUT2D eigenvalue weighted by Gasteiger charge is -2.35. The summed E-state index contributed by atoms with van der Waals surface area (Å²) in [7, 11) is -2.28. The Labute approximate surface area is 162 Å². The molecule has 0 bridgehead atoms. The van der Waals surface area contributed by atoms with Gasteiger partial charge in [0.2, 0.25) is 8.24 Å². The van der Waals surface area contributed by atoms with Gasteiger partial charge in [-0.2, -0.15) is 0 Å². The van der Waals surface area contributed by atoms with Crippen molar-refractivity contribution in [1.29, 1.82) is 0 Å². The van der Waals surface area contributed by atoms with E-state index < -0.39 is 8.24 Å². The molecule has 0 aliphatic carbocycles. The molecular weight excluding hydrogens is 342 g/mol. The van der Waals surface area contributed by atoms with Crippen molar-refractivity contribution < 1.29 is 0 Å². The third kappa shape index (κ3) is 3.86. The number of benzene rings is 4. The van der Waals surface area contributed by atoms with Crippen LogP contribution in [0.4, 0.5) is 5.69 Å². The maximum absolute atomic E-state index is 4.01. The number of rotatable bonds is 6. The molecule has 1 N–H and O–H groups in total. The third-order valence-corrected chi connectivity index (χ3v) is 9.27. The molecule has 4 rings (SSSR count). The molecule has 0 aliphatic rings. The Hall–Kier alpha value is -3.10. The molecule has 27 heavy (non-hydrogen) atoms. The minimum absolute atomic E-state index is 0.997. The molecule has 0 unspecified atom stereocenters. The number of para-hydroxylation sites is 1.